The van der Waals surface area contributed by atoms with Gasteiger partial charge < -0.3 is 30.5 Å². The highest BCUT2D eigenvalue weighted by Crippen LogP contribution is 2.25. The van der Waals surface area contributed by atoms with E-state index < -0.39 is 0 Å². The van der Waals surface area contributed by atoms with Crippen molar-refractivity contribution in [1.82, 2.24) is 20.2 Å². The number of aliphatic hydroxyl groups excluding tert-OH is 1. The summed E-state index contributed by atoms with van der Waals surface area (Å²) in [5.41, 5.74) is 7.10. The van der Waals surface area contributed by atoms with Crippen LogP contribution in [0.2, 0.25) is 0 Å². The smallest absolute Gasteiger partial charge is 0.132 e. The van der Waals surface area contributed by atoms with Gasteiger partial charge >= 0.3 is 0 Å². The van der Waals surface area contributed by atoms with E-state index in [0.717, 1.165) is 65.8 Å². The van der Waals surface area contributed by atoms with Crippen molar-refractivity contribution in [1.29, 1.82) is 0 Å². The standard InChI is InChI=1S/C30H34N6O/c1-22-19-32-30(34-26-8-10-27(11-9-26)35-16-13-31-14-17-35)18-29(22)36-15-12-25(20-36)23(2)33-28(21-37)24-6-4-3-5-7-24/h3-12,15,18-20,28,31,33,37H,2,13-14,16-17,21H2,1H3,(H,32,34). The average Bonchev–Trinajstić information content (AvgIpc) is 3.44. The topological polar surface area (TPSA) is 77.4 Å². The number of piperazine rings is 1. The predicted octanol–water partition coefficient (Wildman–Crippen LogP) is 4.63. The van der Waals surface area contributed by atoms with Crippen LogP contribution in [0.1, 0.15) is 22.7 Å². The maximum atomic E-state index is 9.90. The van der Waals surface area contributed by atoms with Crippen molar-refractivity contribution in [3.05, 3.63) is 109 Å². The van der Waals surface area contributed by atoms with Crippen molar-refractivity contribution >= 4 is 22.9 Å². The fourth-order valence-electron chi connectivity index (χ4n) is 4.62. The first-order valence-corrected chi connectivity index (χ1v) is 12.7. The second-order valence-corrected chi connectivity index (χ2v) is 9.34. The summed E-state index contributed by atoms with van der Waals surface area (Å²) in [5, 5.41) is 20.1. The van der Waals surface area contributed by atoms with Crippen molar-refractivity contribution in [2.45, 2.75) is 13.0 Å². The first-order chi connectivity index (χ1) is 18.1. The summed E-state index contributed by atoms with van der Waals surface area (Å²) in [6, 6.07) is 22.3. The van der Waals surface area contributed by atoms with E-state index in [2.05, 4.69) is 74.2 Å². The van der Waals surface area contributed by atoms with Crippen LogP contribution >= 0.6 is 0 Å². The van der Waals surface area contributed by atoms with E-state index in [4.69, 9.17) is 0 Å². The molecule has 0 spiro atoms. The summed E-state index contributed by atoms with van der Waals surface area (Å²) in [7, 11) is 0. The van der Waals surface area contributed by atoms with Gasteiger partial charge in [0.05, 0.1) is 18.3 Å². The monoisotopic (exact) mass is 494 g/mol. The zero-order valence-electron chi connectivity index (χ0n) is 21.2. The van der Waals surface area contributed by atoms with E-state index in [-0.39, 0.29) is 12.6 Å². The van der Waals surface area contributed by atoms with Gasteiger partial charge in [-0.2, -0.15) is 0 Å². The molecular formula is C30H34N6O. The Morgan fingerprint density at radius 2 is 1.84 bits per heavy atom. The highest BCUT2D eigenvalue weighted by atomic mass is 16.3. The van der Waals surface area contributed by atoms with Crippen LogP contribution < -0.4 is 20.9 Å². The van der Waals surface area contributed by atoms with Crippen LogP contribution in [-0.4, -0.2) is 47.4 Å². The quantitative estimate of drug-likeness (QED) is 0.272. The predicted molar refractivity (Wildman–Crippen MR) is 152 cm³/mol. The summed E-state index contributed by atoms with van der Waals surface area (Å²) in [6.45, 7) is 10.4. The molecule has 0 bridgehead atoms. The maximum absolute atomic E-state index is 9.90. The molecule has 2 aromatic heterocycles. The van der Waals surface area contributed by atoms with Crippen molar-refractivity contribution in [3.8, 4) is 5.69 Å². The number of aromatic nitrogens is 2. The fourth-order valence-corrected chi connectivity index (χ4v) is 4.62. The molecule has 1 aliphatic heterocycles. The van der Waals surface area contributed by atoms with Crippen LogP contribution in [0.4, 0.5) is 17.2 Å². The summed E-state index contributed by atoms with van der Waals surface area (Å²) >= 11 is 0. The molecule has 0 radical (unpaired) electrons. The minimum Gasteiger partial charge on any atom is -0.394 e. The lowest BCUT2D eigenvalue weighted by Gasteiger charge is -2.29. The third kappa shape index (κ3) is 5.85. The zero-order chi connectivity index (χ0) is 25.6. The lowest BCUT2D eigenvalue weighted by molar-refractivity contribution is 0.256. The number of aliphatic hydroxyl groups is 1. The lowest BCUT2D eigenvalue weighted by atomic mass is 10.1. The Hall–Kier alpha value is -4.07. The molecule has 7 nitrogen and oxygen atoms in total. The Kier molecular flexibility index (Phi) is 7.54. The summed E-state index contributed by atoms with van der Waals surface area (Å²) in [6.07, 6.45) is 5.95. The second kappa shape index (κ2) is 11.3. The van der Waals surface area contributed by atoms with Gasteiger partial charge in [0.2, 0.25) is 0 Å². The third-order valence-corrected chi connectivity index (χ3v) is 6.75. The number of pyridine rings is 1. The average molecular weight is 495 g/mol. The van der Waals surface area contributed by atoms with E-state index in [1.165, 1.54) is 5.69 Å². The number of rotatable bonds is 9. The number of benzene rings is 2. The molecule has 4 N–H and O–H groups in total. The molecule has 0 aliphatic carbocycles. The highest BCUT2D eigenvalue weighted by Gasteiger charge is 2.13. The number of nitrogens with one attached hydrogen (secondary N) is 3. The number of hydrogen-bond donors (Lipinski definition) is 4. The first kappa shape index (κ1) is 24.6. The maximum Gasteiger partial charge on any atom is 0.132 e. The molecule has 5 rings (SSSR count). The molecule has 3 heterocycles. The molecule has 190 valence electrons. The fraction of sp³-hybridized carbons (Fsp3) is 0.233. The third-order valence-electron chi connectivity index (χ3n) is 6.75. The molecular weight excluding hydrogens is 460 g/mol. The molecule has 2 aromatic carbocycles. The van der Waals surface area contributed by atoms with Gasteiger partial charge in [-0.05, 0) is 48.4 Å². The van der Waals surface area contributed by atoms with Gasteiger partial charge in [-0.25, -0.2) is 4.98 Å². The number of anilines is 3. The zero-order valence-corrected chi connectivity index (χ0v) is 21.2. The second-order valence-electron chi connectivity index (χ2n) is 9.34. The van der Waals surface area contributed by atoms with E-state index in [9.17, 15) is 5.11 Å². The van der Waals surface area contributed by atoms with Crippen molar-refractivity contribution in [2.24, 2.45) is 0 Å². The molecule has 4 aromatic rings. The molecule has 1 fully saturated rings. The number of hydrogen-bond acceptors (Lipinski definition) is 6. The van der Waals surface area contributed by atoms with E-state index >= 15 is 0 Å². The number of nitrogens with zero attached hydrogens (tertiary/aromatic N) is 3. The van der Waals surface area contributed by atoms with Crippen LogP contribution in [0.3, 0.4) is 0 Å². The van der Waals surface area contributed by atoms with Crippen LogP contribution in [0.5, 0.6) is 0 Å². The minimum atomic E-state index is -0.214. The van der Waals surface area contributed by atoms with Gasteiger partial charge in [0.25, 0.3) is 0 Å². The molecule has 1 atom stereocenters. The van der Waals surface area contributed by atoms with Gasteiger partial charge in [0.15, 0.2) is 0 Å². The Morgan fingerprint density at radius 3 is 2.57 bits per heavy atom. The van der Waals surface area contributed by atoms with Gasteiger partial charge in [-0.15, -0.1) is 0 Å². The summed E-state index contributed by atoms with van der Waals surface area (Å²) in [5.74, 6) is 0.784. The van der Waals surface area contributed by atoms with Crippen LogP contribution in [0.25, 0.3) is 11.4 Å². The van der Waals surface area contributed by atoms with E-state index in [1.54, 1.807) is 0 Å². The summed E-state index contributed by atoms with van der Waals surface area (Å²) in [4.78, 5) is 7.00. The Balaban J connectivity index is 1.28. The molecule has 37 heavy (non-hydrogen) atoms. The molecule has 1 unspecified atom stereocenters. The SMILES string of the molecule is C=C(NC(CO)c1ccccc1)c1ccn(-c2cc(Nc3ccc(N4CCNCC4)cc3)ncc2C)c1. The Bertz CT molecular complexity index is 1330. The number of aryl methyl sites for hydroxylation is 1. The van der Waals surface area contributed by atoms with Crippen LogP contribution in [0, 0.1) is 6.92 Å². The van der Waals surface area contributed by atoms with Crippen molar-refractivity contribution in [3.63, 3.8) is 0 Å². The van der Waals surface area contributed by atoms with E-state index in [1.807, 2.05) is 55.0 Å². The molecule has 0 amide bonds. The molecule has 7 heteroatoms. The van der Waals surface area contributed by atoms with Gasteiger partial charge in [-0.3, -0.25) is 0 Å². The Morgan fingerprint density at radius 1 is 1.08 bits per heavy atom. The molecule has 1 saturated heterocycles. The molecule has 0 saturated carbocycles. The van der Waals surface area contributed by atoms with Crippen molar-refractivity contribution in [2.75, 3.05) is 43.0 Å². The van der Waals surface area contributed by atoms with Gasteiger partial charge in [-0.1, -0.05) is 36.9 Å². The van der Waals surface area contributed by atoms with Crippen LogP contribution in [-0.2, 0) is 0 Å². The normalized spacial score (nSPS) is 14.3. The van der Waals surface area contributed by atoms with Gasteiger partial charge in [0.1, 0.15) is 5.82 Å². The summed E-state index contributed by atoms with van der Waals surface area (Å²) < 4.78 is 2.08. The van der Waals surface area contributed by atoms with Gasteiger partial charge in [0, 0.05) is 73.5 Å². The van der Waals surface area contributed by atoms with Crippen molar-refractivity contribution < 1.29 is 5.11 Å². The first-order valence-electron chi connectivity index (χ1n) is 12.7. The minimum absolute atomic E-state index is 0.0154. The van der Waals surface area contributed by atoms with Crippen LogP contribution in [0.15, 0.2) is 91.9 Å². The highest BCUT2D eigenvalue weighted by molar-refractivity contribution is 5.65. The lowest BCUT2D eigenvalue weighted by Crippen LogP contribution is -2.43. The largest absolute Gasteiger partial charge is 0.394 e. The Labute approximate surface area is 218 Å². The molecule has 1 aliphatic rings. The van der Waals surface area contributed by atoms with E-state index in [0.29, 0.717) is 0 Å².